The van der Waals surface area contributed by atoms with Crippen molar-refractivity contribution in [3.05, 3.63) is 17.5 Å². The van der Waals surface area contributed by atoms with Gasteiger partial charge in [-0.3, -0.25) is 4.68 Å². The van der Waals surface area contributed by atoms with Crippen molar-refractivity contribution in [1.82, 2.24) is 15.1 Å². The predicted octanol–water partition coefficient (Wildman–Crippen LogP) is 3.33. The van der Waals surface area contributed by atoms with Gasteiger partial charge in [-0.25, -0.2) is 0 Å². The summed E-state index contributed by atoms with van der Waals surface area (Å²) in [5.41, 5.74) is 2.56. The first-order valence-electron chi connectivity index (χ1n) is 7.91. The molecule has 0 saturated heterocycles. The molecular weight excluding hydrogens is 234 g/mol. The minimum Gasteiger partial charge on any atom is -0.313 e. The maximum absolute atomic E-state index is 4.56. The zero-order chi connectivity index (χ0) is 14.3. The zero-order valence-corrected chi connectivity index (χ0v) is 13.4. The topological polar surface area (TPSA) is 29.9 Å². The number of nitrogens with one attached hydrogen (secondary N) is 1. The summed E-state index contributed by atoms with van der Waals surface area (Å²) in [5, 5.41) is 8.30. The van der Waals surface area contributed by atoms with Gasteiger partial charge >= 0.3 is 0 Å². The molecule has 0 aliphatic rings. The Balaban J connectivity index is 2.77. The van der Waals surface area contributed by atoms with Crippen LogP contribution in [0.4, 0.5) is 0 Å². The van der Waals surface area contributed by atoms with Crippen LogP contribution in [-0.4, -0.2) is 22.4 Å². The van der Waals surface area contributed by atoms with Gasteiger partial charge in [0.15, 0.2) is 0 Å². The van der Waals surface area contributed by atoms with Crippen molar-refractivity contribution in [3.8, 4) is 0 Å². The van der Waals surface area contributed by atoms with Crippen molar-refractivity contribution in [2.75, 3.05) is 6.54 Å². The molecule has 0 bridgehead atoms. The summed E-state index contributed by atoms with van der Waals surface area (Å²) in [4.78, 5) is 0. The molecule has 0 saturated carbocycles. The van der Waals surface area contributed by atoms with Gasteiger partial charge in [0.2, 0.25) is 0 Å². The standard InChI is InChI=1S/C16H31N3/c1-6-10-17-16(13(7-2)8-3)12-15-11-14(9-4)18-19(15)5/h11,13,16-17H,6-10,12H2,1-5H3. The Kier molecular flexibility index (Phi) is 7.14. The third kappa shape index (κ3) is 4.64. The Hall–Kier alpha value is -0.830. The highest BCUT2D eigenvalue weighted by Crippen LogP contribution is 2.18. The minimum absolute atomic E-state index is 0.579. The first-order valence-corrected chi connectivity index (χ1v) is 7.91. The molecule has 0 radical (unpaired) electrons. The zero-order valence-electron chi connectivity index (χ0n) is 13.4. The van der Waals surface area contributed by atoms with E-state index in [4.69, 9.17) is 0 Å². The van der Waals surface area contributed by atoms with Crippen molar-refractivity contribution in [1.29, 1.82) is 0 Å². The first kappa shape index (κ1) is 16.2. The summed E-state index contributed by atoms with van der Waals surface area (Å²) >= 11 is 0. The van der Waals surface area contributed by atoms with Gasteiger partial charge < -0.3 is 5.32 Å². The number of hydrogen-bond acceptors (Lipinski definition) is 2. The van der Waals surface area contributed by atoms with E-state index in [-0.39, 0.29) is 0 Å². The van der Waals surface area contributed by atoms with E-state index in [9.17, 15) is 0 Å². The van der Waals surface area contributed by atoms with E-state index in [1.807, 2.05) is 0 Å². The summed E-state index contributed by atoms with van der Waals surface area (Å²) < 4.78 is 2.06. The molecule has 1 heterocycles. The van der Waals surface area contributed by atoms with Gasteiger partial charge in [-0.1, -0.05) is 40.5 Å². The van der Waals surface area contributed by atoms with Crippen LogP contribution < -0.4 is 5.32 Å². The van der Waals surface area contributed by atoms with E-state index in [0.29, 0.717) is 6.04 Å². The van der Waals surface area contributed by atoms with Crippen molar-refractivity contribution >= 4 is 0 Å². The number of aryl methyl sites for hydroxylation is 2. The number of hydrogen-bond donors (Lipinski definition) is 1. The lowest BCUT2D eigenvalue weighted by Gasteiger charge is -2.26. The molecule has 1 N–H and O–H groups in total. The van der Waals surface area contributed by atoms with Crippen molar-refractivity contribution in [2.24, 2.45) is 13.0 Å². The van der Waals surface area contributed by atoms with Gasteiger partial charge in [0, 0.05) is 25.2 Å². The van der Waals surface area contributed by atoms with Crippen molar-refractivity contribution in [3.63, 3.8) is 0 Å². The van der Waals surface area contributed by atoms with E-state index < -0.39 is 0 Å². The molecule has 0 amide bonds. The smallest absolute Gasteiger partial charge is 0.0624 e. The molecule has 110 valence electrons. The van der Waals surface area contributed by atoms with E-state index in [2.05, 4.69) is 55.9 Å². The molecule has 1 unspecified atom stereocenters. The molecule has 0 aliphatic heterocycles. The lowest BCUT2D eigenvalue weighted by atomic mass is 9.90. The Morgan fingerprint density at radius 1 is 1.21 bits per heavy atom. The quantitative estimate of drug-likeness (QED) is 0.742. The van der Waals surface area contributed by atoms with Gasteiger partial charge in [-0.15, -0.1) is 0 Å². The van der Waals surface area contributed by atoms with E-state index >= 15 is 0 Å². The summed E-state index contributed by atoms with van der Waals surface area (Å²) in [5.74, 6) is 0.756. The molecule has 19 heavy (non-hydrogen) atoms. The van der Waals surface area contributed by atoms with Crippen LogP contribution in [0.15, 0.2) is 6.07 Å². The molecule has 1 atom stereocenters. The van der Waals surface area contributed by atoms with Crippen LogP contribution in [0.1, 0.15) is 58.3 Å². The maximum Gasteiger partial charge on any atom is 0.0624 e. The Labute approximate surface area is 118 Å². The average Bonchev–Trinajstić information content (AvgIpc) is 2.77. The average molecular weight is 265 g/mol. The highest BCUT2D eigenvalue weighted by molar-refractivity contribution is 5.12. The first-order chi connectivity index (χ1) is 9.15. The molecule has 0 aliphatic carbocycles. The van der Waals surface area contributed by atoms with Crippen LogP contribution in [0.25, 0.3) is 0 Å². The second-order valence-corrected chi connectivity index (χ2v) is 5.45. The highest BCUT2D eigenvalue weighted by atomic mass is 15.3. The molecule has 0 spiro atoms. The third-order valence-corrected chi connectivity index (χ3v) is 4.09. The summed E-state index contributed by atoms with van der Waals surface area (Å²) in [6.45, 7) is 10.1. The fourth-order valence-electron chi connectivity index (χ4n) is 2.75. The van der Waals surface area contributed by atoms with Crippen LogP contribution in [-0.2, 0) is 19.9 Å². The lowest BCUT2D eigenvalue weighted by molar-refractivity contribution is 0.327. The fraction of sp³-hybridized carbons (Fsp3) is 0.812. The maximum atomic E-state index is 4.56. The molecule has 3 heteroatoms. The van der Waals surface area contributed by atoms with E-state index in [1.54, 1.807) is 0 Å². The van der Waals surface area contributed by atoms with Gasteiger partial charge in [-0.2, -0.15) is 5.10 Å². The summed E-state index contributed by atoms with van der Waals surface area (Å²) in [6.07, 6.45) is 5.80. The van der Waals surface area contributed by atoms with Gasteiger partial charge in [0.25, 0.3) is 0 Å². The Morgan fingerprint density at radius 3 is 2.37 bits per heavy atom. The summed E-state index contributed by atoms with van der Waals surface area (Å²) in [7, 11) is 2.07. The van der Waals surface area contributed by atoms with Gasteiger partial charge in [0.05, 0.1) is 5.69 Å². The number of rotatable bonds is 9. The molecule has 1 aromatic rings. The monoisotopic (exact) mass is 265 g/mol. The molecular formula is C16H31N3. The normalized spacial score (nSPS) is 13.2. The van der Waals surface area contributed by atoms with E-state index in [1.165, 1.54) is 30.7 Å². The Morgan fingerprint density at radius 2 is 1.89 bits per heavy atom. The lowest BCUT2D eigenvalue weighted by Crippen LogP contribution is -2.38. The molecule has 0 fully saturated rings. The van der Waals surface area contributed by atoms with Crippen LogP contribution >= 0.6 is 0 Å². The second-order valence-electron chi connectivity index (χ2n) is 5.45. The fourth-order valence-corrected chi connectivity index (χ4v) is 2.75. The van der Waals surface area contributed by atoms with Crippen LogP contribution in [0.5, 0.6) is 0 Å². The van der Waals surface area contributed by atoms with Gasteiger partial charge in [-0.05, 0) is 31.4 Å². The molecule has 1 aromatic heterocycles. The minimum atomic E-state index is 0.579. The van der Waals surface area contributed by atoms with E-state index in [0.717, 1.165) is 25.3 Å². The summed E-state index contributed by atoms with van der Waals surface area (Å²) in [6, 6.07) is 2.85. The van der Waals surface area contributed by atoms with Crippen LogP contribution in [0, 0.1) is 5.92 Å². The Bertz CT molecular complexity index is 353. The predicted molar refractivity (Wildman–Crippen MR) is 82.4 cm³/mol. The number of nitrogens with zero attached hydrogens (tertiary/aromatic N) is 2. The molecule has 0 aromatic carbocycles. The highest BCUT2D eigenvalue weighted by Gasteiger charge is 2.19. The SMILES string of the molecule is CCCNC(Cc1cc(CC)nn1C)C(CC)CC. The molecule has 3 nitrogen and oxygen atoms in total. The van der Waals surface area contributed by atoms with Gasteiger partial charge in [0.1, 0.15) is 0 Å². The number of aromatic nitrogens is 2. The third-order valence-electron chi connectivity index (χ3n) is 4.09. The van der Waals surface area contributed by atoms with Crippen LogP contribution in [0.2, 0.25) is 0 Å². The largest absolute Gasteiger partial charge is 0.313 e. The van der Waals surface area contributed by atoms with Crippen LogP contribution in [0.3, 0.4) is 0 Å². The second kappa shape index (κ2) is 8.36. The van der Waals surface area contributed by atoms with Crippen molar-refractivity contribution in [2.45, 2.75) is 65.8 Å². The molecule has 1 rings (SSSR count). The van der Waals surface area contributed by atoms with Crippen molar-refractivity contribution < 1.29 is 0 Å².